The second-order valence-corrected chi connectivity index (χ2v) is 5.13. The van der Waals surface area contributed by atoms with Crippen LogP contribution in [0.3, 0.4) is 0 Å². The minimum Gasteiger partial charge on any atom is -0.393 e. The number of anilines is 1. The number of aliphatic hydroxyl groups is 1. The molecular formula is C14H18F3NO. The summed E-state index contributed by atoms with van der Waals surface area (Å²) in [5, 5.41) is 9.66. The number of alkyl halides is 3. The normalized spacial score (nSPS) is 28.2. The lowest BCUT2D eigenvalue weighted by Gasteiger charge is -2.41. The molecule has 0 spiro atoms. The van der Waals surface area contributed by atoms with Crippen LogP contribution in [0.4, 0.5) is 18.9 Å². The predicted molar refractivity (Wildman–Crippen MR) is 68.0 cm³/mol. The van der Waals surface area contributed by atoms with Crippen molar-refractivity contribution in [3.63, 3.8) is 0 Å². The fourth-order valence-electron chi connectivity index (χ4n) is 2.79. The van der Waals surface area contributed by atoms with Gasteiger partial charge in [-0.3, -0.25) is 0 Å². The van der Waals surface area contributed by atoms with Crippen molar-refractivity contribution in [2.24, 2.45) is 5.92 Å². The highest BCUT2D eigenvalue weighted by Crippen LogP contribution is 2.40. The number of hydrogen-bond acceptors (Lipinski definition) is 2. The summed E-state index contributed by atoms with van der Waals surface area (Å²) >= 11 is 0. The lowest BCUT2D eigenvalue weighted by atomic mass is 9.81. The molecule has 1 saturated carbocycles. The number of nitrogens with zero attached hydrogens (tertiary/aromatic N) is 1. The third-order valence-electron chi connectivity index (χ3n) is 3.87. The molecule has 106 valence electrons. The molecule has 0 radical (unpaired) electrons. The van der Waals surface area contributed by atoms with Crippen LogP contribution in [0.2, 0.25) is 0 Å². The molecule has 0 aromatic heterocycles. The van der Waals surface area contributed by atoms with Crippen molar-refractivity contribution in [1.82, 2.24) is 0 Å². The zero-order valence-corrected chi connectivity index (χ0v) is 10.8. The molecule has 19 heavy (non-hydrogen) atoms. The minimum atomic E-state index is -4.21. The monoisotopic (exact) mass is 273 g/mol. The van der Waals surface area contributed by atoms with Crippen molar-refractivity contribution in [2.75, 3.05) is 11.9 Å². The fourth-order valence-corrected chi connectivity index (χ4v) is 2.79. The second kappa shape index (κ2) is 5.41. The molecule has 1 aromatic carbocycles. The standard InChI is InChI=1S/C14H18F3NO/c1-18(10-5-3-2-4-6-10)13-9-11(19)7-8-12(13)14(15,16)17/h2-6,11-13,19H,7-9H2,1H3. The molecule has 5 heteroatoms. The van der Waals surface area contributed by atoms with Crippen LogP contribution in [0.5, 0.6) is 0 Å². The average Bonchev–Trinajstić information content (AvgIpc) is 2.37. The van der Waals surface area contributed by atoms with Crippen LogP contribution in [0.1, 0.15) is 19.3 Å². The van der Waals surface area contributed by atoms with Gasteiger partial charge in [0.25, 0.3) is 0 Å². The molecule has 2 nitrogen and oxygen atoms in total. The molecule has 1 fully saturated rings. The summed E-state index contributed by atoms with van der Waals surface area (Å²) in [7, 11) is 1.66. The molecule has 3 atom stereocenters. The van der Waals surface area contributed by atoms with Gasteiger partial charge in [-0.2, -0.15) is 13.2 Å². The second-order valence-electron chi connectivity index (χ2n) is 5.13. The lowest BCUT2D eigenvalue weighted by molar-refractivity contribution is -0.190. The SMILES string of the molecule is CN(c1ccccc1)C1CC(O)CCC1C(F)(F)F. The van der Waals surface area contributed by atoms with E-state index in [2.05, 4.69) is 0 Å². The fraction of sp³-hybridized carbons (Fsp3) is 0.571. The van der Waals surface area contributed by atoms with Crippen molar-refractivity contribution < 1.29 is 18.3 Å². The number of benzene rings is 1. The molecule has 1 aliphatic rings. The third-order valence-corrected chi connectivity index (χ3v) is 3.87. The van der Waals surface area contributed by atoms with E-state index in [1.807, 2.05) is 6.07 Å². The maximum Gasteiger partial charge on any atom is 0.393 e. The van der Waals surface area contributed by atoms with E-state index in [4.69, 9.17) is 0 Å². The Morgan fingerprint density at radius 2 is 1.79 bits per heavy atom. The Morgan fingerprint density at radius 3 is 2.37 bits per heavy atom. The Morgan fingerprint density at radius 1 is 1.16 bits per heavy atom. The molecule has 0 saturated heterocycles. The Kier molecular flexibility index (Phi) is 4.04. The van der Waals surface area contributed by atoms with Gasteiger partial charge in [0.1, 0.15) is 0 Å². The number of aliphatic hydroxyl groups excluding tert-OH is 1. The van der Waals surface area contributed by atoms with Crippen molar-refractivity contribution >= 4 is 5.69 Å². The van der Waals surface area contributed by atoms with E-state index in [-0.39, 0.29) is 19.3 Å². The topological polar surface area (TPSA) is 23.5 Å². The predicted octanol–water partition coefficient (Wildman–Crippen LogP) is 3.21. The van der Waals surface area contributed by atoms with E-state index in [1.165, 1.54) is 0 Å². The molecule has 1 aliphatic carbocycles. The van der Waals surface area contributed by atoms with Gasteiger partial charge in [-0.15, -0.1) is 0 Å². The summed E-state index contributed by atoms with van der Waals surface area (Å²) in [4.78, 5) is 1.64. The van der Waals surface area contributed by atoms with E-state index >= 15 is 0 Å². The first-order valence-corrected chi connectivity index (χ1v) is 6.42. The van der Waals surface area contributed by atoms with Crippen LogP contribution in [-0.2, 0) is 0 Å². The quantitative estimate of drug-likeness (QED) is 0.894. The van der Waals surface area contributed by atoms with Gasteiger partial charge in [0.15, 0.2) is 0 Å². The van der Waals surface area contributed by atoms with Gasteiger partial charge >= 0.3 is 6.18 Å². The van der Waals surface area contributed by atoms with Crippen LogP contribution in [0, 0.1) is 5.92 Å². The highest BCUT2D eigenvalue weighted by molar-refractivity contribution is 5.46. The smallest absolute Gasteiger partial charge is 0.393 e. The van der Waals surface area contributed by atoms with Gasteiger partial charge in [-0.25, -0.2) is 0 Å². The summed E-state index contributed by atoms with van der Waals surface area (Å²) in [6.07, 6.45) is -4.48. The molecule has 2 rings (SSSR count). The highest BCUT2D eigenvalue weighted by atomic mass is 19.4. The largest absolute Gasteiger partial charge is 0.393 e. The molecule has 0 amide bonds. The minimum absolute atomic E-state index is 0.00743. The van der Waals surface area contributed by atoms with Gasteiger partial charge < -0.3 is 10.0 Å². The first-order valence-electron chi connectivity index (χ1n) is 6.42. The van der Waals surface area contributed by atoms with Gasteiger partial charge in [0.2, 0.25) is 0 Å². The first-order chi connectivity index (χ1) is 8.89. The van der Waals surface area contributed by atoms with Gasteiger partial charge in [0, 0.05) is 18.8 Å². The van der Waals surface area contributed by atoms with E-state index in [0.717, 1.165) is 5.69 Å². The molecule has 1 aromatic rings. The summed E-state index contributed by atoms with van der Waals surface area (Å²) in [5.74, 6) is -1.37. The van der Waals surface area contributed by atoms with E-state index < -0.39 is 24.2 Å². The van der Waals surface area contributed by atoms with Crippen LogP contribution in [0.25, 0.3) is 0 Å². The van der Waals surface area contributed by atoms with Crippen molar-refractivity contribution in [2.45, 2.75) is 37.6 Å². The summed E-state index contributed by atoms with van der Waals surface area (Å²) in [6.45, 7) is 0. The van der Waals surface area contributed by atoms with Crippen molar-refractivity contribution in [1.29, 1.82) is 0 Å². The molecule has 0 aliphatic heterocycles. The maximum absolute atomic E-state index is 13.1. The van der Waals surface area contributed by atoms with Crippen LogP contribution < -0.4 is 4.90 Å². The Hall–Kier alpha value is -1.23. The first kappa shape index (κ1) is 14.2. The third kappa shape index (κ3) is 3.21. The number of halogens is 3. The van der Waals surface area contributed by atoms with Crippen molar-refractivity contribution in [3.8, 4) is 0 Å². The average molecular weight is 273 g/mol. The Labute approximate surface area is 110 Å². The highest BCUT2D eigenvalue weighted by Gasteiger charge is 2.48. The molecule has 1 N–H and O–H groups in total. The lowest BCUT2D eigenvalue weighted by Crippen LogP contribution is -2.49. The molecule has 0 bridgehead atoms. The van der Waals surface area contributed by atoms with E-state index in [9.17, 15) is 18.3 Å². The molecular weight excluding hydrogens is 255 g/mol. The zero-order valence-electron chi connectivity index (χ0n) is 10.8. The molecule has 3 unspecified atom stereocenters. The van der Waals surface area contributed by atoms with Gasteiger partial charge in [-0.1, -0.05) is 18.2 Å². The van der Waals surface area contributed by atoms with Gasteiger partial charge in [0.05, 0.1) is 12.0 Å². The van der Waals surface area contributed by atoms with Gasteiger partial charge in [-0.05, 0) is 31.4 Å². The summed E-state index contributed by atoms with van der Waals surface area (Å²) in [6, 6.07) is 8.30. The number of rotatable bonds is 2. The van der Waals surface area contributed by atoms with E-state index in [1.54, 1.807) is 36.2 Å². The van der Waals surface area contributed by atoms with Crippen LogP contribution >= 0.6 is 0 Å². The maximum atomic E-state index is 13.1. The van der Waals surface area contributed by atoms with Crippen molar-refractivity contribution in [3.05, 3.63) is 30.3 Å². The van der Waals surface area contributed by atoms with E-state index in [0.29, 0.717) is 0 Å². The number of hydrogen-bond donors (Lipinski definition) is 1. The Balaban J connectivity index is 2.23. The molecule has 0 heterocycles. The Bertz CT molecular complexity index is 407. The number of para-hydroxylation sites is 1. The zero-order chi connectivity index (χ0) is 14.0. The summed E-state index contributed by atoms with van der Waals surface area (Å²) in [5.41, 5.74) is 0.746. The van der Waals surface area contributed by atoms with Crippen LogP contribution in [-0.4, -0.2) is 30.5 Å². The van der Waals surface area contributed by atoms with Crippen LogP contribution in [0.15, 0.2) is 30.3 Å². The summed E-state index contributed by atoms with van der Waals surface area (Å²) < 4.78 is 39.3.